The summed E-state index contributed by atoms with van der Waals surface area (Å²) in [7, 11) is -4.10. The van der Waals surface area contributed by atoms with Gasteiger partial charge in [0.1, 0.15) is 23.7 Å². The van der Waals surface area contributed by atoms with Gasteiger partial charge in [0.05, 0.1) is 17.4 Å². The first-order valence-electron chi connectivity index (χ1n) is 20.2. The van der Waals surface area contributed by atoms with Gasteiger partial charge in [-0.05, 0) is 97.1 Å². The highest BCUT2D eigenvalue weighted by Gasteiger charge is 2.63. The highest BCUT2D eigenvalue weighted by Crippen LogP contribution is 2.48. The number of aromatic nitrogens is 1. The molecule has 0 spiro atoms. The molecule has 3 fully saturated rings. The van der Waals surface area contributed by atoms with E-state index in [9.17, 15) is 40.8 Å². The number of carbonyl (C=O) groups excluding carboxylic acids is 4. The minimum Gasteiger partial charge on any atom is -0.475 e. The lowest BCUT2D eigenvalue weighted by Crippen LogP contribution is -2.59. The van der Waals surface area contributed by atoms with Crippen LogP contribution in [0.25, 0.3) is 10.8 Å². The molecule has 0 unspecified atom stereocenters. The van der Waals surface area contributed by atoms with Gasteiger partial charge in [-0.3, -0.25) is 19.1 Å². The van der Waals surface area contributed by atoms with Gasteiger partial charge in [0.2, 0.25) is 39.2 Å². The van der Waals surface area contributed by atoms with E-state index in [4.69, 9.17) is 25.8 Å². The second-order valence-corrected chi connectivity index (χ2v) is 20.4. The number of benzene rings is 1. The lowest BCUT2D eigenvalue weighted by molar-refractivity contribution is -0.244. The average molecular weight is 884 g/mol. The zero-order chi connectivity index (χ0) is 44.2. The van der Waals surface area contributed by atoms with E-state index in [1.807, 2.05) is 26.8 Å². The summed E-state index contributed by atoms with van der Waals surface area (Å²) in [6, 6.07) is 3.94. The third-order valence-electron chi connectivity index (χ3n) is 11.9. The van der Waals surface area contributed by atoms with E-state index in [1.165, 1.54) is 11.8 Å². The lowest BCUT2D eigenvalue weighted by atomic mass is 9.88. The predicted molar refractivity (Wildman–Crippen MR) is 216 cm³/mol. The van der Waals surface area contributed by atoms with Crippen LogP contribution in [-0.4, -0.2) is 95.0 Å². The maximum Gasteiger partial charge on any atom is 0.427 e. The monoisotopic (exact) mass is 883 g/mol. The van der Waals surface area contributed by atoms with Crippen LogP contribution in [0, 0.1) is 17.8 Å². The van der Waals surface area contributed by atoms with Gasteiger partial charge in [-0.15, -0.1) is 0 Å². The lowest BCUT2D eigenvalue weighted by Gasteiger charge is -2.34. The van der Waals surface area contributed by atoms with E-state index in [1.54, 1.807) is 37.3 Å². The smallest absolute Gasteiger partial charge is 0.427 e. The molecular formula is C41H53ClF3N5O9S. The topological polar surface area (TPSA) is 182 Å². The van der Waals surface area contributed by atoms with E-state index in [2.05, 4.69) is 20.3 Å². The van der Waals surface area contributed by atoms with Crippen LogP contribution >= 0.6 is 11.6 Å². The Morgan fingerprint density at radius 3 is 2.45 bits per heavy atom. The molecule has 330 valence electrons. The van der Waals surface area contributed by atoms with Crippen LogP contribution in [0.2, 0.25) is 5.02 Å². The van der Waals surface area contributed by atoms with Crippen LogP contribution in [0.3, 0.4) is 0 Å². The van der Waals surface area contributed by atoms with Crippen molar-refractivity contribution >= 4 is 56.2 Å². The summed E-state index contributed by atoms with van der Waals surface area (Å²) in [5, 5.41) is 6.62. The van der Waals surface area contributed by atoms with Gasteiger partial charge in [-0.2, -0.15) is 18.2 Å². The van der Waals surface area contributed by atoms with Crippen molar-refractivity contribution in [3.8, 4) is 11.8 Å². The quantitative estimate of drug-likeness (QED) is 0.240. The van der Waals surface area contributed by atoms with Crippen molar-refractivity contribution in [3.05, 3.63) is 41.4 Å². The summed E-state index contributed by atoms with van der Waals surface area (Å²) in [6.45, 7) is 9.88. The number of halogens is 4. The molecule has 6 rings (SSSR count). The van der Waals surface area contributed by atoms with E-state index in [0.29, 0.717) is 61.7 Å². The Morgan fingerprint density at radius 1 is 1.10 bits per heavy atom. The summed E-state index contributed by atoms with van der Waals surface area (Å²) in [5.74, 6) is -3.50. The van der Waals surface area contributed by atoms with Gasteiger partial charge in [-0.25, -0.2) is 13.2 Å². The molecule has 0 radical (unpaired) electrons. The number of hydrogen-bond donors (Lipinski definition) is 3. The normalized spacial score (nSPS) is 29.0. The first-order chi connectivity index (χ1) is 27.9. The van der Waals surface area contributed by atoms with E-state index in [0.717, 1.165) is 0 Å². The van der Waals surface area contributed by atoms with E-state index in [-0.39, 0.29) is 43.2 Å². The number of ether oxygens (including phenoxy) is 3. The Morgan fingerprint density at radius 2 is 1.80 bits per heavy atom. The largest absolute Gasteiger partial charge is 0.475 e. The number of carbonyl (C=O) groups is 4. The molecule has 1 aromatic carbocycles. The number of fused-ring (bicyclic) bond motifs is 3. The van der Waals surface area contributed by atoms with Crippen LogP contribution < -0.4 is 24.8 Å². The van der Waals surface area contributed by atoms with Crippen molar-refractivity contribution in [3.63, 3.8) is 0 Å². The molecular weight excluding hydrogens is 831 g/mol. The van der Waals surface area contributed by atoms with Crippen LogP contribution in [0.15, 0.2) is 36.4 Å². The summed E-state index contributed by atoms with van der Waals surface area (Å²) in [5.41, 5.74) is -4.56. The van der Waals surface area contributed by atoms with E-state index < -0.39 is 85.9 Å². The van der Waals surface area contributed by atoms with Gasteiger partial charge in [-0.1, -0.05) is 43.7 Å². The van der Waals surface area contributed by atoms with Gasteiger partial charge >= 0.3 is 12.3 Å². The maximum absolute atomic E-state index is 14.8. The van der Waals surface area contributed by atoms with Gasteiger partial charge in [0, 0.05) is 34.2 Å². The van der Waals surface area contributed by atoms with Crippen LogP contribution in [-0.2, 0) is 29.1 Å². The standard InChI is InChI=1S/C41H53ClF3N5O9S/c1-22(2)57-31-19-28-27(13-10-14-29(28)42)34(46-31)58-26-18-30-33(51)48-40(36(53)49-60(55,56)39(7)15-16-39)20-25(40)12-9-8-11-23(3)17-24(4)32(35(52)50(30)21-26)47-37(54)59-38(5,6)41(43,44)45/h9-10,12-14,19,22-26,30,32H,8,11,15-18,20-21H2,1-7H3,(H,47,54)(H,48,51)(H,49,53)/b12-9-/t23-,24-,25-,26-,30+,32+,40-/m1/s1. The van der Waals surface area contributed by atoms with Crippen molar-refractivity contribution in [2.24, 2.45) is 17.8 Å². The molecule has 3 heterocycles. The number of hydrogen-bond acceptors (Lipinski definition) is 10. The van der Waals surface area contributed by atoms with Crippen LogP contribution in [0.4, 0.5) is 18.0 Å². The Kier molecular flexibility index (Phi) is 12.4. The fourth-order valence-electron chi connectivity index (χ4n) is 7.78. The Labute approximate surface area is 352 Å². The zero-order valence-corrected chi connectivity index (χ0v) is 36.2. The molecule has 2 aliphatic heterocycles. The number of nitrogens with zero attached hydrogens (tertiary/aromatic N) is 2. The number of alkyl halides is 3. The summed E-state index contributed by atoms with van der Waals surface area (Å²) >= 11 is 6.56. The number of pyridine rings is 1. The molecule has 7 atom stereocenters. The Bertz CT molecular complexity index is 2170. The Balaban J connectivity index is 1.38. The molecule has 0 bridgehead atoms. The fourth-order valence-corrected chi connectivity index (χ4v) is 9.32. The number of amides is 4. The molecule has 2 aromatic rings. The Hall–Kier alpha value is -4.32. The number of alkyl carbamates (subject to hydrolysis) is 1. The van der Waals surface area contributed by atoms with Crippen molar-refractivity contribution in [2.45, 2.75) is 140 Å². The summed E-state index contributed by atoms with van der Waals surface area (Å²) < 4.78 is 86.0. The molecule has 4 amide bonds. The molecule has 2 aliphatic carbocycles. The third kappa shape index (κ3) is 9.43. The molecule has 3 N–H and O–H groups in total. The maximum atomic E-state index is 14.8. The highest BCUT2D eigenvalue weighted by molar-refractivity contribution is 7.91. The molecule has 60 heavy (non-hydrogen) atoms. The summed E-state index contributed by atoms with van der Waals surface area (Å²) in [4.78, 5) is 62.3. The second kappa shape index (κ2) is 16.5. The molecule has 2 saturated carbocycles. The van der Waals surface area contributed by atoms with Gasteiger partial charge < -0.3 is 29.7 Å². The SMILES string of the molecule is CC(C)Oc1cc2c(Cl)cccc2c(O[C@@H]2C[C@H]3C(=O)N[C@]4(C(=O)NS(=O)(=O)C5(C)CC5)C[C@H]4/C=C\CC[C@@H](C)C[C@@H](C)[C@H](NC(=O)OC(C)(C)C(F)(F)F)C(=O)N3C2)n1. The van der Waals surface area contributed by atoms with Crippen molar-refractivity contribution in [2.75, 3.05) is 6.54 Å². The third-order valence-corrected chi connectivity index (χ3v) is 14.4. The summed E-state index contributed by atoms with van der Waals surface area (Å²) in [6.07, 6.45) is -1.83. The predicted octanol–water partition coefficient (Wildman–Crippen LogP) is 6.35. The van der Waals surface area contributed by atoms with E-state index >= 15 is 0 Å². The first-order valence-corrected chi connectivity index (χ1v) is 22.1. The zero-order valence-electron chi connectivity index (χ0n) is 34.7. The van der Waals surface area contributed by atoms with Crippen molar-refractivity contribution < 1.29 is 55.0 Å². The van der Waals surface area contributed by atoms with Crippen molar-refractivity contribution in [1.29, 1.82) is 0 Å². The second-order valence-electron chi connectivity index (χ2n) is 17.7. The number of nitrogens with one attached hydrogen (secondary N) is 3. The number of rotatable bonds is 9. The van der Waals surface area contributed by atoms with Gasteiger partial charge in [0.25, 0.3) is 5.91 Å². The number of sulfonamides is 1. The molecule has 1 saturated heterocycles. The molecule has 4 aliphatic rings. The average Bonchev–Trinajstić information content (AvgIpc) is 4.01. The van der Waals surface area contributed by atoms with Crippen LogP contribution in [0.5, 0.6) is 11.8 Å². The first kappa shape index (κ1) is 45.2. The minimum absolute atomic E-state index is 0.0528. The fraction of sp³-hybridized carbons (Fsp3) is 0.634. The van der Waals surface area contributed by atoms with Crippen molar-refractivity contribution in [1.82, 2.24) is 25.2 Å². The minimum atomic E-state index is -4.93. The van der Waals surface area contributed by atoms with Crippen LogP contribution in [0.1, 0.15) is 93.4 Å². The molecule has 1 aromatic heterocycles. The van der Waals surface area contributed by atoms with Gasteiger partial charge in [0.15, 0.2) is 0 Å². The number of allylic oxidation sites excluding steroid dienone is 1. The molecule has 14 nitrogen and oxygen atoms in total. The highest BCUT2D eigenvalue weighted by atomic mass is 35.5. The molecule has 19 heteroatoms.